The molecule has 4 nitrogen and oxygen atoms in total. The van der Waals surface area contributed by atoms with E-state index in [4.69, 9.17) is 6.20 Å². The molecule has 0 radical (unpaired) electrons. The van der Waals surface area contributed by atoms with Gasteiger partial charge in [-0.05, 0) is 0 Å². The molecular weight excluding hydrogens is 504 g/mol. The van der Waals surface area contributed by atoms with Crippen LogP contribution in [0.5, 0.6) is 0 Å². The Morgan fingerprint density at radius 1 is 0.452 bits per heavy atom. The third-order valence-electron chi connectivity index (χ3n) is 4.51. The molecule has 154 valence electrons. The van der Waals surface area contributed by atoms with Gasteiger partial charge >= 0.3 is 186 Å². The second-order valence-corrected chi connectivity index (χ2v) is 13.1. The third-order valence-corrected chi connectivity index (χ3v) is 11.8. The molecule has 0 fully saturated rings. The summed E-state index contributed by atoms with van der Waals surface area (Å²) in [5.41, 5.74) is 0.807. The van der Waals surface area contributed by atoms with Crippen LogP contribution in [0.4, 0.5) is 0 Å². The number of carbonyl (C=O) groups excluding carboxylic acids is 2. The van der Waals surface area contributed by atoms with E-state index in [1.165, 1.54) is 0 Å². The van der Waals surface area contributed by atoms with Crippen molar-refractivity contribution in [2.45, 2.75) is 0 Å². The minimum absolute atomic E-state index is 0.404. The van der Waals surface area contributed by atoms with Crippen LogP contribution in [0.15, 0.2) is 121 Å². The van der Waals surface area contributed by atoms with Crippen LogP contribution in [0.2, 0.25) is 0 Å². The number of benzene rings is 4. The van der Waals surface area contributed by atoms with Gasteiger partial charge in [0.1, 0.15) is 0 Å². The number of hydrogen-bond donors (Lipinski definition) is 0. The van der Waals surface area contributed by atoms with Gasteiger partial charge in [0.25, 0.3) is 0 Å². The zero-order valence-electron chi connectivity index (χ0n) is 16.6. The first-order valence-electron chi connectivity index (χ1n) is 9.70. The second-order valence-electron chi connectivity index (χ2n) is 6.60. The summed E-state index contributed by atoms with van der Waals surface area (Å²) >= 11 is -4.47. The van der Waals surface area contributed by atoms with Crippen molar-refractivity contribution in [3.8, 4) is 0 Å². The summed E-state index contributed by atoms with van der Waals surface area (Å²) < 4.78 is 13.8. The third kappa shape index (κ3) is 4.69. The molecule has 0 atom stereocenters. The topological polar surface area (TPSA) is 52.6 Å². The Morgan fingerprint density at radius 3 is 1.06 bits per heavy atom. The Labute approximate surface area is 186 Å². The fraction of sp³-hybridized carbons (Fsp3) is 0. The van der Waals surface area contributed by atoms with Crippen molar-refractivity contribution in [2.24, 2.45) is 0 Å². The minimum atomic E-state index is -4.47. The Hall–Kier alpha value is -3.39. The fourth-order valence-corrected chi connectivity index (χ4v) is 9.68. The van der Waals surface area contributed by atoms with Crippen LogP contribution in [0, 0.1) is 0 Å². The van der Waals surface area contributed by atoms with Gasteiger partial charge in [-0.25, -0.2) is 0 Å². The van der Waals surface area contributed by atoms with E-state index in [0.717, 1.165) is 0 Å². The standard InChI is InChI=1S/C26H20O4Te/c27-25(21-13-5-1-6-14-21)29-31(23-17-9-3-10-18-23,24-19-11-4-12-20-24)30-26(28)22-15-7-2-8-16-22/h1-20H. The molecule has 0 unspecified atom stereocenters. The van der Waals surface area contributed by atoms with Crippen molar-refractivity contribution in [1.82, 2.24) is 0 Å². The molecule has 4 aromatic carbocycles. The molecule has 5 heteroatoms. The average Bonchev–Trinajstić information content (AvgIpc) is 2.85. The Bertz CT molecular complexity index is 1050. The van der Waals surface area contributed by atoms with Crippen LogP contribution in [0.25, 0.3) is 0 Å². The molecule has 0 bridgehead atoms. The summed E-state index contributed by atoms with van der Waals surface area (Å²) in [6.07, 6.45) is 0. The van der Waals surface area contributed by atoms with Crippen LogP contribution in [0.1, 0.15) is 20.7 Å². The predicted octanol–water partition coefficient (Wildman–Crippen LogP) is 3.96. The zero-order chi connectivity index (χ0) is 21.5. The molecule has 4 aromatic rings. The van der Waals surface area contributed by atoms with Crippen molar-refractivity contribution in [1.29, 1.82) is 0 Å². The summed E-state index contributed by atoms with van der Waals surface area (Å²) in [5, 5.41) is 0. The number of rotatable bonds is 6. The number of carbonyl (C=O) groups is 2. The van der Waals surface area contributed by atoms with Gasteiger partial charge in [0.15, 0.2) is 0 Å². The molecule has 0 spiro atoms. The molecule has 4 rings (SSSR count). The quantitative estimate of drug-likeness (QED) is 0.359. The van der Waals surface area contributed by atoms with E-state index >= 15 is 0 Å². The van der Waals surface area contributed by atoms with Gasteiger partial charge in [-0.15, -0.1) is 0 Å². The van der Waals surface area contributed by atoms with Crippen LogP contribution in [-0.2, 0) is 6.20 Å². The molecule has 0 aliphatic heterocycles. The van der Waals surface area contributed by atoms with E-state index in [9.17, 15) is 9.59 Å². The second kappa shape index (κ2) is 9.61. The molecule has 0 aliphatic rings. The van der Waals surface area contributed by atoms with Crippen LogP contribution in [-0.4, -0.2) is 30.9 Å². The Balaban J connectivity index is 1.84. The number of hydrogen-bond acceptors (Lipinski definition) is 4. The van der Waals surface area contributed by atoms with Crippen LogP contribution >= 0.6 is 0 Å². The van der Waals surface area contributed by atoms with Gasteiger partial charge in [0.05, 0.1) is 0 Å². The SMILES string of the molecule is O=C(O[Te](OC(=O)c1ccccc1)(c1ccccc1)c1ccccc1)c1ccccc1. The Kier molecular flexibility index (Phi) is 6.47. The van der Waals surface area contributed by atoms with Crippen molar-refractivity contribution in [3.63, 3.8) is 0 Å². The summed E-state index contributed by atoms with van der Waals surface area (Å²) in [7, 11) is 0. The van der Waals surface area contributed by atoms with Crippen molar-refractivity contribution >= 4 is 38.2 Å². The monoisotopic (exact) mass is 526 g/mol. The van der Waals surface area contributed by atoms with Gasteiger partial charge in [-0.3, -0.25) is 0 Å². The first kappa shape index (κ1) is 20.9. The van der Waals surface area contributed by atoms with Gasteiger partial charge in [0, 0.05) is 0 Å². The van der Waals surface area contributed by atoms with E-state index in [0.29, 0.717) is 18.3 Å². The normalized spacial score (nSPS) is 11.4. The first-order valence-corrected chi connectivity index (χ1v) is 13.9. The molecule has 0 aliphatic carbocycles. The molecule has 0 saturated carbocycles. The van der Waals surface area contributed by atoms with E-state index in [-0.39, 0.29) is 0 Å². The van der Waals surface area contributed by atoms with Crippen molar-refractivity contribution in [3.05, 3.63) is 132 Å². The van der Waals surface area contributed by atoms with Crippen molar-refractivity contribution < 1.29 is 15.8 Å². The summed E-state index contributed by atoms with van der Waals surface area (Å²) in [4.78, 5) is 26.3. The zero-order valence-corrected chi connectivity index (χ0v) is 18.9. The average molecular weight is 524 g/mol. The van der Waals surface area contributed by atoms with Gasteiger partial charge in [-0.2, -0.15) is 0 Å². The maximum atomic E-state index is 13.2. The summed E-state index contributed by atoms with van der Waals surface area (Å²) in [5.74, 6) is -1.04. The summed E-state index contributed by atoms with van der Waals surface area (Å²) in [6, 6.07) is 36.0. The van der Waals surface area contributed by atoms with Crippen LogP contribution in [0.3, 0.4) is 0 Å². The van der Waals surface area contributed by atoms with E-state index in [1.807, 2.05) is 72.8 Å². The molecule has 0 N–H and O–H groups in total. The molecular formula is C26H20O4Te. The van der Waals surface area contributed by atoms with E-state index < -0.39 is 30.9 Å². The van der Waals surface area contributed by atoms with Gasteiger partial charge in [-0.1, -0.05) is 0 Å². The molecule has 31 heavy (non-hydrogen) atoms. The van der Waals surface area contributed by atoms with E-state index in [1.54, 1.807) is 48.5 Å². The van der Waals surface area contributed by atoms with Gasteiger partial charge < -0.3 is 0 Å². The van der Waals surface area contributed by atoms with Gasteiger partial charge in [0.2, 0.25) is 0 Å². The molecule has 0 amide bonds. The Morgan fingerprint density at radius 2 is 0.742 bits per heavy atom. The first-order chi connectivity index (χ1) is 15.2. The van der Waals surface area contributed by atoms with Crippen LogP contribution < -0.4 is 7.22 Å². The predicted molar refractivity (Wildman–Crippen MR) is 122 cm³/mol. The molecule has 0 aromatic heterocycles. The fourth-order valence-electron chi connectivity index (χ4n) is 3.00. The summed E-state index contributed by atoms with van der Waals surface area (Å²) in [6.45, 7) is 0. The molecule has 0 saturated heterocycles. The van der Waals surface area contributed by atoms with Crippen molar-refractivity contribution in [2.75, 3.05) is 0 Å². The molecule has 0 heterocycles. The maximum absolute atomic E-state index is 13.2. The van der Waals surface area contributed by atoms with E-state index in [2.05, 4.69) is 0 Å².